The molecule has 1 rings (SSSR count). The number of nitrogens with one attached hydrogen (secondary N) is 1. The van der Waals surface area contributed by atoms with E-state index in [2.05, 4.69) is 14.2 Å². The van der Waals surface area contributed by atoms with Crippen LogP contribution in [0.2, 0.25) is 0 Å². The molecule has 1 N–H and O–H groups in total. The molecule has 0 fully saturated rings. The molecule has 1 aromatic rings. The molecule has 0 aromatic heterocycles. The van der Waals surface area contributed by atoms with Gasteiger partial charge in [-0.15, -0.1) is 0 Å². The molecule has 11 nitrogen and oxygen atoms in total. The number of hydrogen-bond acceptors (Lipinski definition) is 10. The number of hydrogen-bond donors (Lipinski definition) is 1. The Kier molecular flexibility index (Phi) is 7.75. The van der Waals surface area contributed by atoms with E-state index in [0.29, 0.717) is 0 Å². The molecule has 136 valence electrons. The number of nitrogens with zero attached hydrogens (tertiary/aromatic N) is 2. The number of non-ortho nitro benzene ring substituents is 1. The fourth-order valence-electron chi connectivity index (χ4n) is 1.71. The van der Waals surface area contributed by atoms with Crippen LogP contribution in [0.25, 0.3) is 0 Å². The predicted octanol–water partition coefficient (Wildman–Crippen LogP) is 1.59. The van der Waals surface area contributed by atoms with Gasteiger partial charge in [0.25, 0.3) is 11.4 Å². The van der Waals surface area contributed by atoms with Gasteiger partial charge in [0.05, 0.1) is 30.1 Å². The molecule has 25 heavy (non-hydrogen) atoms. The highest BCUT2D eigenvalue weighted by Gasteiger charge is 2.24. The minimum atomic E-state index is -0.927. The maximum atomic E-state index is 11.7. The van der Waals surface area contributed by atoms with Crippen molar-refractivity contribution in [2.75, 3.05) is 14.2 Å². The van der Waals surface area contributed by atoms with Gasteiger partial charge in [-0.1, -0.05) is 0 Å². The summed E-state index contributed by atoms with van der Waals surface area (Å²) in [4.78, 5) is 43.3. The van der Waals surface area contributed by atoms with Gasteiger partial charge in [-0.2, -0.15) is 0 Å². The van der Waals surface area contributed by atoms with Crippen LogP contribution >= 0.6 is 11.9 Å². The van der Waals surface area contributed by atoms with Gasteiger partial charge in [-0.25, -0.2) is 4.72 Å². The lowest BCUT2D eigenvalue weighted by Gasteiger charge is -2.15. The molecule has 1 aromatic carbocycles. The number of nitro groups is 2. The third kappa shape index (κ3) is 6.00. The van der Waals surface area contributed by atoms with Crippen molar-refractivity contribution >= 4 is 35.3 Å². The topological polar surface area (TPSA) is 151 Å². The van der Waals surface area contributed by atoms with Gasteiger partial charge in [0.1, 0.15) is 10.9 Å². The van der Waals surface area contributed by atoms with Gasteiger partial charge in [0, 0.05) is 12.5 Å². The van der Waals surface area contributed by atoms with Crippen LogP contribution in [0.15, 0.2) is 23.1 Å². The van der Waals surface area contributed by atoms with Crippen LogP contribution in [-0.4, -0.2) is 42.0 Å². The molecule has 0 aliphatic heterocycles. The Morgan fingerprint density at radius 3 is 2.40 bits per heavy atom. The van der Waals surface area contributed by atoms with Gasteiger partial charge in [-0.05, 0) is 24.4 Å². The average molecular weight is 373 g/mol. The summed E-state index contributed by atoms with van der Waals surface area (Å²) in [6.07, 6.45) is -0.0146. The maximum absolute atomic E-state index is 11.7. The Labute approximate surface area is 146 Å². The molecule has 0 spiro atoms. The minimum Gasteiger partial charge on any atom is -0.469 e. The number of esters is 2. The average Bonchev–Trinajstić information content (AvgIpc) is 2.60. The number of methoxy groups -OCH3 is 2. The molecule has 0 saturated heterocycles. The van der Waals surface area contributed by atoms with Gasteiger partial charge < -0.3 is 9.47 Å². The van der Waals surface area contributed by atoms with Crippen LogP contribution in [0, 0.1) is 20.2 Å². The van der Waals surface area contributed by atoms with E-state index < -0.39 is 39.2 Å². The van der Waals surface area contributed by atoms with E-state index in [0.717, 1.165) is 31.2 Å². The smallest absolute Gasteiger partial charge is 0.323 e. The summed E-state index contributed by atoms with van der Waals surface area (Å²) in [5.41, 5.74) is -0.908. The number of carbonyl (C=O) groups excluding carboxylic acids is 2. The maximum Gasteiger partial charge on any atom is 0.323 e. The van der Waals surface area contributed by atoms with E-state index in [1.54, 1.807) is 0 Å². The van der Waals surface area contributed by atoms with Crippen LogP contribution in [0.3, 0.4) is 0 Å². The second-order valence-electron chi connectivity index (χ2n) is 4.58. The van der Waals surface area contributed by atoms with Gasteiger partial charge in [-0.3, -0.25) is 29.8 Å². The molecule has 0 heterocycles. The first-order chi connectivity index (χ1) is 11.8. The first-order valence-corrected chi connectivity index (χ1v) is 7.61. The third-order valence-electron chi connectivity index (χ3n) is 3.01. The van der Waals surface area contributed by atoms with Gasteiger partial charge >= 0.3 is 11.9 Å². The van der Waals surface area contributed by atoms with Crippen molar-refractivity contribution in [3.8, 4) is 0 Å². The monoisotopic (exact) mass is 373 g/mol. The zero-order valence-corrected chi connectivity index (χ0v) is 14.1. The van der Waals surface area contributed by atoms with Crippen molar-refractivity contribution < 1.29 is 28.9 Å². The van der Waals surface area contributed by atoms with E-state index in [4.69, 9.17) is 0 Å². The van der Waals surface area contributed by atoms with Crippen molar-refractivity contribution in [1.29, 1.82) is 0 Å². The van der Waals surface area contributed by atoms with Crippen LogP contribution in [0.5, 0.6) is 0 Å². The minimum absolute atomic E-state index is 0.0487. The second kappa shape index (κ2) is 9.54. The Balaban J connectivity index is 2.91. The molecule has 1 atom stereocenters. The third-order valence-corrected chi connectivity index (χ3v) is 3.98. The lowest BCUT2D eigenvalue weighted by atomic mass is 10.2. The summed E-state index contributed by atoms with van der Waals surface area (Å²) in [5, 5.41) is 21.8. The molecular weight excluding hydrogens is 358 g/mol. The van der Waals surface area contributed by atoms with Crippen LogP contribution in [0.1, 0.15) is 12.8 Å². The predicted molar refractivity (Wildman–Crippen MR) is 85.8 cm³/mol. The van der Waals surface area contributed by atoms with E-state index in [1.165, 1.54) is 13.2 Å². The fourth-order valence-corrected chi connectivity index (χ4v) is 2.57. The van der Waals surface area contributed by atoms with E-state index >= 15 is 0 Å². The first-order valence-electron chi connectivity index (χ1n) is 6.80. The number of nitro benzene ring substituents is 2. The Bertz CT molecular complexity index is 681. The zero-order valence-electron chi connectivity index (χ0n) is 13.3. The number of ether oxygens (including phenoxy) is 2. The number of rotatable bonds is 9. The largest absolute Gasteiger partial charge is 0.469 e. The van der Waals surface area contributed by atoms with Crippen molar-refractivity contribution in [3.05, 3.63) is 38.4 Å². The summed E-state index contributed by atoms with van der Waals surface area (Å²) in [7, 11) is 2.37. The first kappa shape index (κ1) is 20.3. The van der Waals surface area contributed by atoms with Crippen LogP contribution in [-0.2, 0) is 19.1 Å². The highest BCUT2D eigenvalue weighted by Crippen LogP contribution is 2.31. The van der Waals surface area contributed by atoms with Gasteiger partial charge in [0.2, 0.25) is 0 Å². The molecule has 0 saturated carbocycles. The SMILES string of the molecule is COC(=O)CC[C@H](NSc1ccc([N+](=O)[O-])cc1[N+](=O)[O-])C(=O)OC. The quantitative estimate of drug-likeness (QED) is 0.292. The lowest BCUT2D eigenvalue weighted by Crippen LogP contribution is -2.34. The Hall–Kier alpha value is -2.73. The van der Waals surface area contributed by atoms with Crippen LogP contribution < -0.4 is 4.72 Å². The van der Waals surface area contributed by atoms with Crippen molar-refractivity contribution in [2.45, 2.75) is 23.8 Å². The molecule has 0 aliphatic carbocycles. The van der Waals surface area contributed by atoms with Crippen LogP contribution in [0.4, 0.5) is 11.4 Å². The Morgan fingerprint density at radius 1 is 1.20 bits per heavy atom. The standard InChI is InChI=1S/C13H15N3O8S/c1-23-12(17)6-4-9(13(18)24-2)14-25-11-5-3-8(15(19)20)7-10(11)16(21)22/h3,5,7,9,14H,4,6H2,1-2H3/t9-/m0/s1. The van der Waals surface area contributed by atoms with Crippen molar-refractivity contribution in [2.24, 2.45) is 0 Å². The molecule has 0 aliphatic rings. The molecule has 0 unspecified atom stereocenters. The van der Waals surface area contributed by atoms with Gasteiger partial charge in [0.15, 0.2) is 0 Å². The summed E-state index contributed by atoms with van der Waals surface area (Å²) in [6.45, 7) is 0. The fraction of sp³-hybridized carbons (Fsp3) is 0.385. The molecule has 0 radical (unpaired) electrons. The second-order valence-corrected chi connectivity index (χ2v) is 5.46. The van der Waals surface area contributed by atoms with Crippen molar-refractivity contribution in [3.63, 3.8) is 0 Å². The van der Waals surface area contributed by atoms with E-state index in [-0.39, 0.29) is 17.7 Å². The molecular formula is C13H15N3O8S. The van der Waals surface area contributed by atoms with E-state index in [1.807, 2.05) is 0 Å². The summed E-state index contributed by atoms with van der Waals surface area (Å²) < 4.78 is 11.8. The molecule has 12 heteroatoms. The highest BCUT2D eigenvalue weighted by molar-refractivity contribution is 7.97. The lowest BCUT2D eigenvalue weighted by molar-refractivity contribution is -0.396. The normalized spacial score (nSPS) is 11.4. The van der Waals surface area contributed by atoms with E-state index in [9.17, 15) is 29.8 Å². The summed E-state index contributed by atoms with van der Waals surface area (Å²) in [6, 6.07) is 2.20. The zero-order chi connectivity index (χ0) is 19.0. The van der Waals surface area contributed by atoms with Crippen molar-refractivity contribution in [1.82, 2.24) is 4.72 Å². The molecule has 0 amide bonds. The number of benzene rings is 1. The summed E-state index contributed by atoms with van der Waals surface area (Å²) in [5.74, 6) is -1.19. The summed E-state index contributed by atoms with van der Waals surface area (Å²) >= 11 is 0.740. The Morgan fingerprint density at radius 2 is 1.88 bits per heavy atom. The molecule has 0 bridgehead atoms. The highest BCUT2D eigenvalue weighted by atomic mass is 32.2. The number of carbonyl (C=O) groups is 2.